The molecule has 0 radical (unpaired) electrons. The number of aryl methyl sites for hydroxylation is 1. The molecule has 0 aliphatic rings. The number of hydrogen-bond acceptors (Lipinski definition) is 4. The van der Waals surface area contributed by atoms with E-state index in [1.807, 2.05) is 0 Å². The summed E-state index contributed by atoms with van der Waals surface area (Å²) in [6, 6.07) is 0. The fraction of sp³-hybridized carbons (Fsp3) is 0.812. The van der Waals surface area contributed by atoms with E-state index in [4.69, 9.17) is 4.52 Å². The van der Waals surface area contributed by atoms with Gasteiger partial charge in [0.15, 0.2) is 11.8 Å². The average Bonchev–Trinajstić information content (AvgIpc) is 2.99. The van der Waals surface area contributed by atoms with E-state index in [9.17, 15) is 0 Å². The monoisotopic (exact) mass is 309 g/mol. The van der Waals surface area contributed by atoms with Crippen LogP contribution in [0.1, 0.15) is 64.6 Å². The molecule has 0 fully saturated rings. The summed E-state index contributed by atoms with van der Waals surface area (Å²) in [6.07, 6.45) is 4.10. The first-order chi connectivity index (χ1) is 10.6. The summed E-state index contributed by atoms with van der Waals surface area (Å²) in [4.78, 5) is 8.62. The highest BCUT2D eigenvalue weighted by molar-refractivity contribution is 5.79. The Kier molecular flexibility index (Phi) is 8.55. The van der Waals surface area contributed by atoms with E-state index in [0.717, 1.165) is 37.7 Å². The molecule has 2 N–H and O–H groups in total. The number of hydrogen-bond donors (Lipinski definition) is 2. The van der Waals surface area contributed by atoms with Crippen LogP contribution in [0.5, 0.6) is 0 Å². The Morgan fingerprint density at radius 2 is 1.95 bits per heavy atom. The van der Waals surface area contributed by atoms with Gasteiger partial charge in [-0.25, -0.2) is 0 Å². The minimum Gasteiger partial charge on any atom is -0.356 e. The molecule has 0 amide bonds. The van der Waals surface area contributed by atoms with Crippen molar-refractivity contribution >= 4 is 5.96 Å². The molecule has 0 bridgehead atoms. The fourth-order valence-corrected chi connectivity index (χ4v) is 2.09. The minimum absolute atomic E-state index is 0.309. The summed E-state index contributed by atoms with van der Waals surface area (Å²) in [7, 11) is 1.80. The summed E-state index contributed by atoms with van der Waals surface area (Å²) >= 11 is 0. The zero-order chi connectivity index (χ0) is 16.4. The Morgan fingerprint density at radius 3 is 2.50 bits per heavy atom. The van der Waals surface area contributed by atoms with Crippen LogP contribution in [0.4, 0.5) is 0 Å². The summed E-state index contributed by atoms with van der Waals surface area (Å²) in [5.74, 6) is 3.37. The zero-order valence-electron chi connectivity index (χ0n) is 14.6. The van der Waals surface area contributed by atoms with E-state index >= 15 is 0 Å². The Bertz CT molecular complexity index is 437. The second-order valence-corrected chi connectivity index (χ2v) is 5.87. The van der Waals surface area contributed by atoms with Crippen LogP contribution in [-0.2, 0) is 6.42 Å². The molecule has 6 nitrogen and oxygen atoms in total. The third kappa shape index (κ3) is 6.45. The predicted octanol–water partition coefficient (Wildman–Crippen LogP) is 2.73. The first-order valence-corrected chi connectivity index (χ1v) is 8.37. The van der Waals surface area contributed by atoms with Gasteiger partial charge in [-0.15, -0.1) is 0 Å². The van der Waals surface area contributed by atoms with Crippen molar-refractivity contribution in [1.82, 2.24) is 20.8 Å². The third-order valence-corrected chi connectivity index (χ3v) is 3.80. The van der Waals surface area contributed by atoms with Crippen molar-refractivity contribution in [2.24, 2.45) is 10.9 Å². The number of nitrogens with one attached hydrogen (secondary N) is 2. The van der Waals surface area contributed by atoms with Crippen LogP contribution >= 0.6 is 0 Å². The maximum absolute atomic E-state index is 5.23. The summed E-state index contributed by atoms with van der Waals surface area (Å²) in [6.45, 7) is 10.4. The molecule has 126 valence electrons. The van der Waals surface area contributed by atoms with E-state index in [2.05, 4.69) is 53.5 Å². The number of guanidine groups is 1. The minimum atomic E-state index is 0.309. The van der Waals surface area contributed by atoms with Gasteiger partial charge in [0.05, 0.1) is 0 Å². The van der Waals surface area contributed by atoms with Gasteiger partial charge < -0.3 is 15.2 Å². The summed E-state index contributed by atoms with van der Waals surface area (Å²) in [5, 5.41) is 10.7. The van der Waals surface area contributed by atoms with Crippen LogP contribution in [-0.4, -0.2) is 36.2 Å². The summed E-state index contributed by atoms with van der Waals surface area (Å²) in [5.41, 5.74) is 0. The quantitative estimate of drug-likeness (QED) is 0.417. The second-order valence-electron chi connectivity index (χ2n) is 5.87. The van der Waals surface area contributed by atoms with Crippen molar-refractivity contribution in [2.75, 3.05) is 20.1 Å². The number of aliphatic imine (C=N–C) groups is 1. The van der Waals surface area contributed by atoms with E-state index in [1.165, 1.54) is 12.8 Å². The predicted molar refractivity (Wildman–Crippen MR) is 90.1 cm³/mol. The normalized spacial score (nSPS) is 12.2. The van der Waals surface area contributed by atoms with Crippen LogP contribution in [0.2, 0.25) is 0 Å². The smallest absolute Gasteiger partial charge is 0.226 e. The lowest BCUT2D eigenvalue weighted by Gasteiger charge is -2.16. The lowest BCUT2D eigenvalue weighted by Crippen LogP contribution is -2.40. The topological polar surface area (TPSA) is 75.3 Å². The van der Waals surface area contributed by atoms with Gasteiger partial charge in [-0.05, 0) is 12.3 Å². The standard InChI is InChI=1S/C16H31N5O/c1-6-13(7-2)11-19-16(17-5)18-10-8-9-14-20-15(12(3)4)21-22-14/h12-13H,6-11H2,1-5H3,(H2,17,18,19). The maximum atomic E-state index is 5.23. The van der Waals surface area contributed by atoms with Gasteiger partial charge in [-0.3, -0.25) is 4.99 Å². The van der Waals surface area contributed by atoms with Gasteiger partial charge in [0, 0.05) is 32.5 Å². The van der Waals surface area contributed by atoms with Crippen LogP contribution in [0.3, 0.4) is 0 Å². The van der Waals surface area contributed by atoms with E-state index in [0.29, 0.717) is 17.7 Å². The molecule has 6 heteroatoms. The van der Waals surface area contributed by atoms with Gasteiger partial charge in [0.1, 0.15) is 0 Å². The molecule has 1 aromatic rings. The van der Waals surface area contributed by atoms with Crippen molar-refractivity contribution in [3.8, 4) is 0 Å². The Hall–Kier alpha value is -1.59. The Morgan fingerprint density at radius 1 is 1.23 bits per heavy atom. The van der Waals surface area contributed by atoms with Crippen molar-refractivity contribution in [3.05, 3.63) is 11.7 Å². The van der Waals surface area contributed by atoms with Crippen LogP contribution in [0.25, 0.3) is 0 Å². The summed E-state index contributed by atoms with van der Waals surface area (Å²) < 4.78 is 5.23. The van der Waals surface area contributed by atoms with Crippen molar-refractivity contribution in [2.45, 2.75) is 59.3 Å². The lowest BCUT2D eigenvalue weighted by atomic mass is 10.0. The van der Waals surface area contributed by atoms with Crippen molar-refractivity contribution in [3.63, 3.8) is 0 Å². The highest BCUT2D eigenvalue weighted by Crippen LogP contribution is 2.10. The third-order valence-electron chi connectivity index (χ3n) is 3.80. The maximum Gasteiger partial charge on any atom is 0.226 e. The SMILES string of the molecule is CCC(CC)CNC(=NC)NCCCc1nc(C(C)C)no1. The van der Waals surface area contributed by atoms with Gasteiger partial charge in [0.25, 0.3) is 0 Å². The number of nitrogens with zero attached hydrogens (tertiary/aromatic N) is 3. The molecule has 0 saturated carbocycles. The van der Waals surface area contributed by atoms with Crippen LogP contribution in [0, 0.1) is 5.92 Å². The number of aromatic nitrogens is 2. The first-order valence-electron chi connectivity index (χ1n) is 8.37. The van der Waals surface area contributed by atoms with Gasteiger partial charge in [0.2, 0.25) is 5.89 Å². The molecular formula is C16H31N5O. The highest BCUT2D eigenvalue weighted by Gasteiger charge is 2.09. The zero-order valence-corrected chi connectivity index (χ0v) is 14.6. The molecule has 1 rings (SSSR count). The van der Waals surface area contributed by atoms with E-state index < -0.39 is 0 Å². The van der Waals surface area contributed by atoms with E-state index in [-0.39, 0.29) is 0 Å². The Balaban J connectivity index is 2.23. The first kappa shape index (κ1) is 18.5. The van der Waals surface area contributed by atoms with Gasteiger partial charge >= 0.3 is 0 Å². The molecule has 0 aliphatic carbocycles. The molecule has 0 spiro atoms. The second kappa shape index (κ2) is 10.2. The Labute approximate surface area is 134 Å². The average molecular weight is 309 g/mol. The van der Waals surface area contributed by atoms with Crippen molar-refractivity contribution in [1.29, 1.82) is 0 Å². The van der Waals surface area contributed by atoms with Gasteiger partial charge in [-0.2, -0.15) is 4.98 Å². The molecule has 0 aliphatic heterocycles. The molecule has 0 saturated heterocycles. The van der Waals surface area contributed by atoms with Gasteiger partial charge in [-0.1, -0.05) is 45.7 Å². The van der Waals surface area contributed by atoms with Crippen LogP contribution < -0.4 is 10.6 Å². The lowest BCUT2D eigenvalue weighted by molar-refractivity contribution is 0.368. The number of rotatable bonds is 9. The largest absolute Gasteiger partial charge is 0.356 e. The van der Waals surface area contributed by atoms with E-state index in [1.54, 1.807) is 7.05 Å². The molecule has 0 unspecified atom stereocenters. The molecule has 22 heavy (non-hydrogen) atoms. The highest BCUT2D eigenvalue weighted by atomic mass is 16.5. The molecule has 1 heterocycles. The molecule has 1 aromatic heterocycles. The van der Waals surface area contributed by atoms with Crippen molar-refractivity contribution < 1.29 is 4.52 Å². The molecule has 0 atom stereocenters. The molecule has 0 aromatic carbocycles. The van der Waals surface area contributed by atoms with Crippen LogP contribution in [0.15, 0.2) is 9.52 Å². The fourth-order valence-electron chi connectivity index (χ4n) is 2.09. The molecular weight excluding hydrogens is 278 g/mol.